The van der Waals surface area contributed by atoms with Crippen LogP contribution in [0.3, 0.4) is 0 Å². The molecular formula is C11H22O4. The van der Waals surface area contributed by atoms with Crippen molar-refractivity contribution in [1.82, 2.24) is 0 Å². The van der Waals surface area contributed by atoms with Gasteiger partial charge in [0.05, 0.1) is 0 Å². The second kappa shape index (κ2) is 11.5. The van der Waals surface area contributed by atoms with Crippen molar-refractivity contribution in [3.05, 3.63) is 0 Å². The first-order valence-corrected chi connectivity index (χ1v) is 5.64. The minimum absolute atomic E-state index is 0.176. The van der Waals surface area contributed by atoms with E-state index in [-0.39, 0.29) is 6.61 Å². The van der Waals surface area contributed by atoms with Crippen molar-refractivity contribution in [2.24, 2.45) is 0 Å². The molecule has 0 aromatic carbocycles. The first-order valence-electron chi connectivity index (χ1n) is 5.64. The summed E-state index contributed by atoms with van der Waals surface area (Å²) in [6.07, 6.45) is 5.51. The van der Waals surface area contributed by atoms with E-state index in [0.717, 1.165) is 32.5 Å². The summed E-state index contributed by atoms with van der Waals surface area (Å²) < 4.78 is 10.1. The molecule has 0 bridgehead atoms. The lowest BCUT2D eigenvalue weighted by molar-refractivity contribution is -0.142. The highest BCUT2D eigenvalue weighted by Gasteiger charge is 1.95. The Balaban J connectivity index is 2.89. The number of hydrogen-bond acceptors (Lipinski definition) is 3. The van der Waals surface area contributed by atoms with Crippen molar-refractivity contribution in [3.63, 3.8) is 0 Å². The predicted octanol–water partition coefficient (Wildman–Crippen LogP) is 2.07. The SMILES string of the molecule is CCOCCCCCCCOCC(=O)O. The molecule has 0 spiro atoms. The van der Waals surface area contributed by atoms with Crippen LogP contribution in [0, 0.1) is 0 Å². The van der Waals surface area contributed by atoms with Gasteiger partial charge in [0.25, 0.3) is 0 Å². The van der Waals surface area contributed by atoms with Gasteiger partial charge >= 0.3 is 5.97 Å². The number of rotatable bonds is 11. The average Bonchev–Trinajstić information content (AvgIpc) is 2.20. The van der Waals surface area contributed by atoms with Crippen LogP contribution in [0.1, 0.15) is 39.0 Å². The summed E-state index contributed by atoms with van der Waals surface area (Å²) in [4.78, 5) is 10.1. The van der Waals surface area contributed by atoms with Gasteiger partial charge in [0.15, 0.2) is 0 Å². The highest BCUT2D eigenvalue weighted by atomic mass is 16.5. The van der Waals surface area contributed by atoms with Crippen molar-refractivity contribution < 1.29 is 19.4 Å². The maximum Gasteiger partial charge on any atom is 0.329 e. The molecule has 0 atom stereocenters. The Morgan fingerprint density at radius 1 is 1.00 bits per heavy atom. The third-order valence-electron chi connectivity index (χ3n) is 2.01. The van der Waals surface area contributed by atoms with Crippen LogP contribution in [0.5, 0.6) is 0 Å². The minimum Gasteiger partial charge on any atom is -0.480 e. The van der Waals surface area contributed by atoms with Gasteiger partial charge in [-0.1, -0.05) is 19.3 Å². The molecule has 4 nitrogen and oxygen atoms in total. The molecule has 0 rings (SSSR count). The van der Waals surface area contributed by atoms with Crippen LogP contribution in [0.2, 0.25) is 0 Å². The van der Waals surface area contributed by atoms with Crippen molar-refractivity contribution in [3.8, 4) is 0 Å². The number of ether oxygens (including phenoxy) is 2. The van der Waals surface area contributed by atoms with Gasteiger partial charge in [0, 0.05) is 19.8 Å². The van der Waals surface area contributed by atoms with Gasteiger partial charge in [-0.15, -0.1) is 0 Å². The van der Waals surface area contributed by atoms with E-state index in [9.17, 15) is 4.79 Å². The molecule has 15 heavy (non-hydrogen) atoms. The number of aliphatic carboxylic acids is 1. The fraction of sp³-hybridized carbons (Fsp3) is 0.909. The highest BCUT2D eigenvalue weighted by molar-refractivity contribution is 5.67. The first kappa shape index (κ1) is 14.4. The molecule has 4 heteroatoms. The van der Waals surface area contributed by atoms with Crippen LogP contribution in [-0.2, 0) is 14.3 Å². The van der Waals surface area contributed by atoms with Gasteiger partial charge in [-0.3, -0.25) is 0 Å². The maximum absolute atomic E-state index is 10.1. The molecule has 0 unspecified atom stereocenters. The van der Waals surface area contributed by atoms with Gasteiger partial charge in [-0.2, -0.15) is 0 Å². The standard InChI is InChI=1S/C11H22O4/c1-2-14-8-6-4-3-5-7-9-15-10-11(12)13/h2-10H2,1H3,(H,12,13). The summed E-state index contributed by atoms with van der Waals surface area (Å²) in [5.41, 5.74) is 0. The lowest BCUT2D eigenvalue weighted by Gasteiger charge is -2.02. The molecule has 0 aromatic heterocycles. The predicted molar refractivity (Wildman–Crippen MR) is 58.0 cm³/mol. The van der Waals surface area contributed by atoms with Gasteiger partial charge < -0.3 is 14.6 Å². The zero-order chi connectivity index (χ0) is 11.4. The van der Waals surface area contributed by atoms with E-state index >= 15 is 0 Å². The van der Waals surface area contributed by atoms with Gasteiger partial charge in [-0.05, 0) is 19.8 Å². The van der Waals surface area contributed by atoms with Crippen molar-refractivity contribution in [2.75, 3.05) is 26.4 Å². The minimum atomic E-state index is -0.897. The van der Waals surface area contributed by atoms with E-state index in [1.807, 2.05) is 6.92 Å². The third-order valence-corrected chi connectivity index (χ3v) is 2.01. The molecule has 0 radical (unpaired) electrons. The fourth-order valence-corrected chi connectivity index (χ4v) is 1.24. The molecule has 90 valence electrons. The van der Waals surface area contributed by atoms with E-state index in [4.69, 9.17) is 14.6 Å². The van der Waals surface area contributed by atoms with Gasteiger partial charge in [0.2, 0.25) is 0 Å². The summed E-state index contributed by atoms with van der Waals surface area (Å²) in [6.45, 7) is 4.02. The summed E-state index contributed by atoms with van der Waals surface area (Å²) in [5, 5.41) is 8.30. The summed E-state index contributed by atoms with van der Waals surface area (Å²) >= 11 is 0. The van der Waals surface area contributed by atoms with E-state index in [1.54, 1.807) is 0 Å². The lowest BCUT2D eigenvalue weighted by Crippen LogP contribution is -2.07. The first-order chi connectivity index (χ1) is 7.27. The normalized spacial score (nSPS) is 10.5. The third kappa shape index (κ3) is 13.4. The van der Waals surface area contributed by atoms with Gasteiger partial charge in [-0.25, -0.2) is 4.79 Å². The van der Waals surface area contributed by atoms with Crippen molar-refractivity contribution in [1.29, 1.82) is 0 Å². The lowest BCUT2D eigenvalue weighted by atomic mass is 10.1. The highest BCUT2D eigenvalue weighted by Crippen LogP contribution is 2.03. The van der Waals surface area contributed by atoms with Crippen LogP contribution < -0.4 is 0 Å². The Bertz CT molecular complexity index is 148. The topological polar surface area (TPSA) is 55.8 Å². The summed E-state index contributed by atoms with van der Waals surface area (Å²) in [7, 11) is 0. The number of carboxylic acids is 1. The molecule has 1 N–H and O–H groups in total. The molecule has 0 aliphatic heterocycles. The largest absolute Gasteiger partial charge is 0.480 e. The van der Waals surface area contributed by atoms with Crippen LogP contribution in [0.4, 0.5) is 0 Å². The summed E-state index contributed by atoms with van der Waals surface area (Å²) in [6, 6.07) is 0. The van der Waals surface area contributed by atoms with Crippen molar-refractivity contribution in [2.45, 2.75) is 39.0 Å². The fourth-order valence-electron chi connectivity index (χ4n) is 1.24. The zero-order valence-electron chi connectivity index (χ0n) is 9.54. The Morgan fingerprint density at radius 2 is 1.53 bits per heavy atom. The smallest absolute Gasteiger partial charge is 0.329 e. The van der Waals surface area contributed by atoms with Gasteiger partial charge in [0.1, 0.15) is 6.61 Å². The number of carboxylic acid groups (broad SMARTS) is 1. The molecule has 0 heterocycles. The quantitative estimate of drug-likeness (QED) is 0.539. The van der Waals surface area contributed by atoms with Crippen molar-refractivity contribution >= 4 is 5.97 Å². The molecular weight excluding hydrogens is 196 g/mol. The van der Waals surface area contributed by atoms with Crippen LogP contribution in [0.15, 0.2) is 0 Å². The van der Waals surface area contributed by atoms with E-state index in [0.29, 0.717) is 6.61 Å². The Labute approximate surface area is 91.6 Å². The molecule has 0 aliphatic carbocycles. The maximum atomic E-state index is 10.1. The molecule has 0 saturated heterocycles. The molecule has 0 amide bonds. The van der Waals surface area contributed by atoms with E-state index in [2.05, 4.69) is 0 Å². The second-order valence-electron chi connectivity index (χ2n) is 3.41. The molecule has 0 aliphatic rings. The van der Waals surface area contributed by atoms with E-state index < -0.39 is 5.97 Å². The number of hydrogen-bond donors (Lipinski definition) is 1. The van der Waals surface area contributed by atoms with Crippen LogP contribution >= 0.6 is 0 Å². The zero-order valence-corrected chi connectivity index (χ0v) is 9.54. The monoisotopic (exact) mass is 218 g/mol. The Morgan fingerprint density at radius 3 is 2.07 bits per heavy atom. The molecule has 0 aromatic rings. The number of carbonyl (C=O) groups is 1. The molecule has 0 saturated carbocycles. The number of unbranched alkanes of at least 4 members (excludes halogenated alkanes) is 4. The Kier molecular flexibility index (Phi) is 11.0. The second-order valence-corrected chi connectivity index (χ2v) is 3.41. The van der Waals surface area contributed by atoms with E-state index in [1.165, 1.54) is 12.8 Å². The van der Waals surface area contributed by atoms with Crippen LogP contribution in [0.25, 0.3) is 0 Å². The Hall–Kier alpha value is -0.610. The average molecular weight is 218 g/mol. The van der Waals surface area contributed by atoms with Crippen LogP contribution in [-0.4, -0.2) is 37.5 Å². The molecule has 0 fully saturated rings. The summed E-state index contributed by atoms with van der Waals surface area (Å²) in [5.74, 6) is -0.897.